The van der Waals surface area contributed by atoms with E-state index in [4.69, 9.17) is 0 Å². The van der Waals surface area contributed by atoms with Crippen molar-refractivity contribution in [1.82, 2.24) is 0 Å². The molecule has 0 bridgehead atoms. The number of benzene rings is 2. The quantitative estimate of drug-likeness (QED) is 0.587. The van der Waals surface area contributed by atoms with Crippen molar-refractivity contribution in [3.8, 4) is 11.1 Å². The van der Waals surface area contributed by atoms with Crippen LogP contribution >= 0.6 is 0 Å². The maximum atomic E-state index is 2.39. The van der Waals surface area contributed by atoms with E-state index in [1.54, 1.807) is 11.1 Å². The molecule has 157 valence electrons. The summed E-state index contributed by atoms with van der Waals surface area (Å²) in [5.41, 5.74) is 10.6. The molecule has 0 nitrogen and oxygen atoms in total. The van der Waals surface area contributed by atoms with Crippen molar-refractivity contribution in [1.29, 1.82) is 0 Å². The smallest absolute Gasteiger partial charge is 1.00 e. The van der Waals surface area contributed by atoms with E-state index in [0.717, 1.165) is 0 Å². The van der Waals surface area contributed by atoms with Gasteiger partial charge in [-0.2, -0.15) is 0 Å². The van der Waals surface area contributed by atoms with E-state index < -0.39 is 0 Å². The Morgan fingerprint density at radius 1 is 0.833 bits per heavy atom. The van der Waals surface area contributed by atoms with Crippen LogP contribution in [0.15, 0.2) is 60.2 Å². The molecule has 30 heavy (non-hydrogen) atoms. The minimum absolute atomic E-state index is 0. The topological polar surface area (TPSA) is 0 Å². The molecule has 4 rings (SSSR count). The molecular formula is C27H31Cl2Ti. The molecule has 0 N–H and O–H groups in total. The molecule has 0 aromatic heterocycles. The summed E-state index contributed by atoms with van der Waals surface area (Å²) in [6.07, 6.45) is 4.67. The molecule has 2 aliphatic rings. The first kappa shape index (κ1) is 25.3. The van der Waals surface area contributed by atoms with Crippen LogP contribution in [0.2, 0.25) is 0 Å². The van der Waals surface area contributed by atoms with E-state index in [0.29, 0.717) is 22.0 Å². The van der Waals surface area contributed by atoms with Crippen LogP contribution in [0.5, 0.6) is 0 Å². The second kappa shape index (κ2) is 10.1. The van der Waals surface area contributed by atoms with Crippen molar-refractivity contribution in [2.75, 3.05) is 0 Å². The Morgan fingerprint density at radius 2 is 1.43 bits per heavy atom. The van der Waals surface area contributed by atoms with Gasteiger partial charge in [-0.3, -0.25) is 0 Å². The molecule has 0 radical (unpaired) electrons. The fourth-order valence-electron chi connectivity index (χ4n) is 5.10. The summed E-state index contributed by atoms with van der Waals surface area (Å²) < 4.78 is 2.40. The van der Waals surface area contributed by atoms with Crippen LogP contribution < -0.4 is 24.8 Å². The van der Waals surface area contributed by atoms with Crippen molar-refractivity contribution in [2.24, 2.45) is 17.8 Å². The first-order valence-corrected chi connectivity index (χ1v) is 12.3. The molecule has 0 heterocycles. The van der Waals surface area contributed by atoms with Crippen LogP contribution in [0.1, 0.15) is 62.5 Å². The Kier molecular flexibility index (Phi) is 8.56. The normalized spacial score (nSPS) is 18.7. The van der Waals surface area contributed by atoms with Crippen LogP contribution in [0.3, 0.4) is 0 Å². The zero-order valence-electron chi connectivity index (χ0n) is 18.8. The predicted octanol–water partition coefficient (Wildman–Crippen LogP) is 1.31. The number of allylic oxidation sites excluding steroid dienone is 4. The molecule has 2 aromatic carbocycles. The van der Waals surface area contributed by atoms with Gasteiger partial charge >= 0.3 is 180 Å². The summed E-state index contributed by atoms with van der Waals surface area (Å²) >= 11 is -0.261. The van der Waals surface area contributed by atoms with Crippen LogP contribution in [0, 0.1) is 17.8 Å². The van der Waals surface area contributed by atoms with Crippen LogP contribution in [0.25, 0.3) is 16.7 Å². The molecule has 2 aromatic rings. The van der Waals surface area contributed by atoms with Gasteiger partial charge in [-0.15, -0.1) is 0 Å². The van der Waals surface area contributed by atoms with Gasteiger partial charge in [0.1, 0.15) is 0 Å². The van der Waals surface area contributed by atoms with Gasteiger partial charge in [0.2, 0.25) is 0 Å². The first-order valence-electron chi connectivity index (χ1n) is 10.6. The number of fused-ring (bicyclic) bond motifs is 3. The van der Waals surface area contributed by atoms with Gasteiger partial charge in [-0.1, -0.05) is 0 Å². The Hall–Kier alpha value is -0.916. The number of hydrogen-bond acceptors (Lipinski definition) is 0. The van der Waals surface area contributed by atoms with E-state index in [-0.39, 0.29) is 43.5 Å². The van der Waals surface area contributed by atoms with E-state index >= 15 is 0 Å². The van der Waals surface area contributed by atoms with Gasteiger partial charge in [0.05, 0.1) is 0 Å². The number of halogens is 2. The number of rotatable bonds is 4. The van der Waals surface area contributed by atoms with E-state index in [2.05, 4.69) is 96.2 Å². The average molecular weight is 474 g/mol. The Balaban J connectivity index is 0.00000160. The standard InChI is InChI=1S/C20H17.C7H14.2ClH.Ti/c1-13-10-11-14(2)20(13)18-9-5-8-17-16-7-4-3-6-15(16)12-19(17)18;1-6(2)5-7(3)4;;;/h3-13H,1-2H3;6-7H,1-4H3;2*1H;/q;;;;+2/p-2. The van der Waals surface area contributed by atoms with Gasteiger partial charge in [0.15, 0.2) is 0 Å². The Morgan fingerprint density at radius 3 is 2.03 bits per heavy atom. The third-order valence-corrected chi connectivity index (χ3v) is 10.0. The second-order valence-electron chi connectivity index (χ2n) is 8.94. The third-order valence-electron chi connectivity index (χ3n) is 6.32. The third kappa shape index (κ3) is 4.35. The fraction of sp³-hybridized carbons (Fsp3) is 0.370. The molecule has 2 aliphatic carbocycles. The summed E-state index contributed by atoms with van der Waals surface area (Å²) in [4.78, 5) is 0. The zero-order chi connectivity index (χ0) is 20.0. The largest absolute Gasteiger partial charge is 1.00 e. The first-order chi connectivity index (χ1) is 13.4. The number of hydrogen-bond donors (Lipinski definition) is 0. The SMILES string of the molecule is CC1=C(c2cccc3c2[CH]([Ti+2]=[C](C(C)C)C(C)C)c2ccccc2-3)C(C)C=C1.[Cl-].[Cl-]. The Bertz CT molecular complexity index is 1000. The van der Waals surface area contributed by atoms with Gasteiger partial charge in [-0.25, -0.2) is 0 Å². The fourth-order valence-corrected chi connectivity index (χ4v) is 8.01. The molecular weight excluding hydrogens is 443 g/mol. The van der Waals surface area contributed by atoms with Crippen LogP contribution in [-0.4, -0.2) is 3.81 Å². The minimum Gasteiger partial charge on any atom is -1.00 e. The average Bonchev–Trinajstić information content (AvgIpc) is 3.16. The summed E-state index contributed by atoms with van der Waals surface area (Å²) in [6.45, 7) is 14.2. The van der Waals surface area contributed by atoms with Crippen molar-refractivity contribution in [2.45, 2.75) is 45.8 Å². The van der Waals surface area contributed by atoms with Crippen molar-refractivity contribution < 1.29 is 43.5 Å². The van der Waals surface area contributed by atoms with Crippen molar-refractivity contribution in [3.63, 3.8) is 0 Å². The monoisotopic (exact) mass is 473 g/mol. The van der Waals surface area contributed by atoms with Gasteiger partial charge < -0.3 is 24.8 Å². The molecule has 0 saturated carbocycles. The predicted molar refractivity (Wildman–Crippen MR) is 119 cm³/mol. The Labute approximate surface area is 203 Å². The zero-order valence-corrected chi connectivity index (χ0v) is 21.8. The molecule has 0 amide bonds. The van der Waals surface area contributed by atoms with Gasteiger partial charge in [0.25, 0.3) is 0 Å². The van der Waals surface area contributed by atoms with Crippen molar-refractivity contribution in [3.05, 3.63) is 76.9 Å². The molecule has 0 fully saturated rings. The second-order valence-corrected chi connectivity index (χ2v) is 11.2. The molecule has 3 heteroatoms. The van der Waals surface area contributed by atoms with Crippen LogP contribution in [-0.2, 0) is 18.7 Å². The van der Waals surface area contributed by atoms with Gasteiger partial charge in [-0.05, 0) is 0 Å². The maximum Gasteiger partial charge on any atom is -1.00 e. The molecule has 0 saturated heterocycles. The molecule has 0 spiro atoms. The summed E-state index contributed by atoms with van der Waals surface area (Å²) in [6, 6.07) is 16.2. The molecule has 2 atom stereocenters. The van der Waals surface area contributed by atoms with Crippen molar-refractivity contribution >= 4 is 9.38 Å². The summed E-state index contributed by atoms with van der Waals surface area (Å²) in [5.74, 6) is 1.86. The van der Waals surface area contributed by atoms with Gasteiger partial charge in [0, 0.05) is 0 Å². The molecule has 2 unspecified atom stereocenters. The molecule has 0 aliphatic heterocycles. The maximum absolute atomic E-state index is 2.39. The summed E-state index contributed by atoms with van der Waals surface area (Å²) in [7, 11) is 0. The summed E-state index contributed by atoms with van der Waals surface area (Å²) in [5, 5.41) is 0. The van der Waals surface area contributed by atoms with E-state index in [1.807, 2.05) is 3.81 Å². The van der Waals surface area contributed by atoms with E-state index in [1.165, 1.54) is 27.8 Å². The minimum atomic E-state index is -0.261. The van der Waals surface area contributed by atoms with E-state index in [9.17, 15) is 0 Å². The van der Waals surface area contributed by atoms with Crippen LogP contribution in [0.4, 0.5) is 0 Å².